The van der Waals surface area contributed by atoms with E-state index in [1.165, 1.54) is 0 Å². The molecule has 0 bridgehead atoms. The van der Waals surface area contributed by atoms with E-state index in [4.69, 9.17) is 4.74 Å². The number of hydrogen-bond acceptors (Lipinski definition) is 6. The number of nitrogens with one attached hydrogen (secondary N) is 1. The highest BCUT2D eigenvalue weighted by Crippen LogP contribution is 2.24. The number of nitrogens with zero attached hydrogens (tertiary/aromatic N) is 3. The molecule has 1 aromatic carbocycles. The molecule has 2 aromatic rings. The summed E-state index contributed by atoms with van der Waals surface area (Å²) in [5, 5.41) is 9.89. The van der Waals surface area contributed by atoms with Gasteiger partial charge >= 0.3 is 0 Å². The van der Waals surface area contributed by atoms with Gasteiger partial charge in [0.1, 0.15) is 18.2 Å². The smallest absolute Gasteiger partial charge is 0.278 e. The molecule has 2 amide bonds. The minimum atomic E-state index is -0.652. The van der Waals surface area contributed by atoms with Gasteiger partial charge in [-0.25, -0.2) is 4.63 Å². The molecule has 0 unspecified atom stereocenters. The van der Waals surface area contributed by atoms with Gasteiger partial charge in [-0.05, 0) is 30.6 Å². The first-order valence-electron chi connectivity index (χ1n) is 7.73. The predicted octanol–water partition coefficient (Wildman–Crippen LogP) is 0.926. The number of hydrogen-bond donors (Lipinski definition) is 1. The van der Waals surface area contributed by atoms with Gasteiger partial charge in [0.05, 0.1) is 6.54 Å². The predicted molar refractivity (Wildman–Crippen MR) is 84.4 cm³/mol. The Labute approximate surface area is 138 Å². The summed E-state index contributed by atoms with van der Waals surface area (Å²) < 4.78 is 9.84. The van der Waals surface area contributed by atoms with Crippen LogP contribution < -0.4 is 15.0 Å². The molecular formula is C16H18N4O4. The van der Waals surface area contributed by atoms with Gasteiger partial charge in [-0.15, -0.1) is 0 Å². The molecule has 126 valence electrons. The SMILES string of the molecule is Cc1nonc1OCCNC(=O)[C@@H]1CCN(c2ccccc2)C1=O. The molecule has 0 radical (unpaired) electrons. The fourth-order valence-electron chi connectivity index (χ4n) is 2.59. The van der Waals surface area contributed by atoms with Crippen molar-refractivity contribution in [3.8, 4) is 5.88 Å². The Bertz CT molecular complexity index is 716. The molecule has 24 heavy (non-hydrogen) atoms. The van der Waals surface area contributed by atoms with Crippen LogP contribution in [0.1, 0.15) is 12.1 Å². The Morgan fingerprint density at radius 2 is 2.17 bits per heavy atom. The first kappa shape index (κ1) is 16.0. The summed E-state index contributed by atoms with van der Waals surface area (Å²) in [6.45, 7) is 2.76. The van der Waals surface area contributed by atoms with Gasteiger partial charge in [-0.1, -0.05) is 23.4 Å². The number of benzene rings is 1. The summed E-state index contributed by atoms with van der Waals surface area (Å²) in [5.74, 6) is -0.801. The van der Waals surface area contributed by atoms with Crippen LogP contribution in [0, 0.1) is 12.8 Å². The highest BCUT2D eigenvalue weighted by Gasteiger charge is 2.37. The van der Waals surface area contributed by atoms with Crippen LogP contribution in [0.3, 0.4) is 0 Å². The van der Waals surface area contributed by atoms with Gasteiger partial charge in [0.25, 0.3) is 5.88 Å². The summed E-state index contributed by atoms with van der Waals surface area (Å²) in [6, 6.07) is 9.35. The van der Waals surface area contributed by atoms with E-state index in [1.54, 1.807) is 11.8 Å². The summed E-state index contributed by atoms with van der Waals surface area (Å²) >= 11 is 0. The number of carbonyl (C=O) groups excluding carboxylic acids is 2. The van der Waals surface area contributed by atoms with Crippen molar-refractivity contribution in [1.29, 1.82) is 0 Å². The van der Waals surface area contributed by atoms with Crippen LogP contribution in [0.5, 0.6) is 5.88 Å². The van der Waals surface area contributed by atoms with E-state index in [9.17, 15) is 9.59 Å². The fourth-order valence-corrected chi connectivity index (χ4v) is 2.59. The lowest BCUT2D eigenvalue weighted by Gasteiger charge is -2.16. The molecule has 1 atom stereocenters. The molecule has 1 N–H and O–H groups in total. The maximum Gasteiger partial charge on any atom is 0.278 e. The fraction of sp³-hybridized carbons (Fsp3) is 0.375. The molecule has 0 aliphatic carbocycles. The zero-order valence-corrected chi connectivity index (χ0v) is 13.3. The Morgan fingerprint density at radius 1 is 1.38 bits per heavy atom. The van der Waals surface area contributed by atoms with Crippen molar-refractivity contribution in [2.45, 2.75) is 13.3 Å². The molecule has 3 rings (SSSR count). The number of para-hydroxylation sites is 1. The number of ether oxygens (including phenoxy) is 1. The third-order valence-electron chi connectivity index (χ3n) is 3.84. The summed E-state index contributed by atoms with van der Waals surface area (Å²) in [6.07, 6.45) is 0.507. The largest absolute Gasteiger partial charge is 0.472 e. The van der Waals surface area contributed by atoms with Crippen LogP contribution in [0.15, 0.2) is 35.0 Å². The van der Waals surface area contributed by atoms with Crippen LogP contribution in [0.2, 0.25) is 0 Å². The van der Waals surface area contributed by atoms with Crippen molar-refractivity contribution in [3.63, 3.8) is 0 Å². The van der Waals surface area contributed by atoms with Crippen LogP contribution in [-0.4, -0.2) is 41.8 Å². The number of amides is 2. The van der Waals surface area contributed by atoms with Gasteiger partial charge in [-0.3, -0.25) is 9.59 Å². The van der Waals surface area contributed by atoms with E-state index >= 15 is 0 Å². The van der Waals surface area contributed by atoms with Crippen LogP contribution in [0.25, 0.3) is 0 Å². The molecule has 1 aromatic heterocycles. The number of anilines is 1. The lowest BCUT2D eigenvalue weighted by atomic mass is 10.1. The minimum absolute atomic E-state index is 0.170. The van der Waals surface area contributed by atoms with Gasteiger partial charge in [-0.2, -0.15) is 0 Å². The summed E-state index contributed by atoms with van der Waals surface area (Å²) in [7, 11) is 0. The van der Waals surface area contributed by atoms with Crippen LogP contribution >= 0.6 is 0 Å². The van der Waals surface area contributed by atoms with Crippen molar-refractivity contribution in [1.82, 2.24) is 15.6 Å². The molecule has 1 aliphatic heterocycles. The summed E-state index contributed by atoms with van der Waals surface area (Å²) in [4.78, 5) is 26.3. The third kappa shape index (κ3) is 3.37. The van der Waals surface area contributed by atoms with E-state index in [1.807, 2.05) is 30.3 Å². The Hall–Kier alpha value is -2.90. The van der Waals surface area contributed by atoms with Crippen molar-refractivity contribution in [3.05, 3.63) is 36.0 Å². The Morgan fingerprint density at radius 3 is 2.88 bits per heavy atom. The second-order valence-corrected chi connectivity index (χ2v) is 5.46. The van der Waals surface area contributed by atoms with E-state index < -0.39 is 5.92 Å². The lowest BCUT2D eigenvalue weighted by Crippen LogP contribution is -2.38. The summed E-state index contributed by atoms with van der Waals surface area (Å²) in [5.41, 5.74) is 1.36. The second kappa shape index (κ2) is 7.12. The molecule has 1 saturated heterocycles. The number of rotatable bonds is 6. The quantitative estimate of drug-likeness (QED) is 0.625. The highest BCUT2D eigenvalue weighted by molar-refractivity contribution is 6.09. The maximum absolute atomic E-state index is 12.4. The Balaban J connectivity index is 1.47. The average molecular weight is 330 g/mol. The van der Waals surface area contributed by atoms with Crippen LogP contribution in [0.4, 0.5) is 5.69 Å². The van der Waals surface area contributed by atoms with Gasteiger partial charge in [0, 0.05) is 12.2 Å². The maximum atomic E-state index is 12.4. The topological polar surface area (TPSA) is 97.6 Å². The molecule has 1 aliphatic rings. The van der Waals surface area contributed by atoms with E-state index in [2.05, 4.69) is 20.3 Å². The average Bonchev–Trinajstić information content (AvgIpc) is 3.18. The zero-order valence-electron chi connectivity index (χ0n) is 13.3. The Kier molecular flexibility index (Phi) is 4.74. The van der Waals surface area contributed by atoms with Crippen LogP contribution in [-0.2, 0) is 9.59 Å². The molecule has 0 saturated carbocycles. The number of aromatic nitrogens is 2. The molecule has 8 heteroatoms. The number of aryl methyl sites for hydroxylation is 1. The van der Waals surface area contributed by atoms with Crippen molar-refractivity contribution < 1.29 is 19.0 Å². The van der Waals surface area contributed by atoms with E-state index in [0.29, 0.717) is 24.5 Å². The second-order valence-electron chi connectivity index (χ2n) is 5.46. The molecule has 2 heterocycles. The zero-order chi connectivity index (χ0) is 16.9. The van der Waals surface area contributed by atoms with Gasteiger partial charge in [0.2, 0.25) is 11.8 Å². The van der Waals surface area contributed by atoms with E-state index in [0.717, 1.165) is 5.69 Å². The van der Waals surface area contributed by atoms with Gasteiger partial charge in [0.15, 0.2) is 0 Å². The standard InChI is InChI=1S/C16H18N4O4/c1-11-15(19-24-18-11)23-10-8-17-14(21)13-7-9-20(16(13)22)12-5-3-2-4-6-12/h2-6,13H,7-10H2,1H3,(H,17,21)/t13-/m0/s1. The molecular weight excluding hydrogens is 312 g/mol. The molecule has 8 nitrogen and oxygen atoms in total. The lowest BCUT2D eigenvalue weighted by molar-refractivity contribution is -0.132. The highest BCUT2D eigenvalue weighted by atomic mass is 16.6. The minimum Gasteiger partial charge on any atom is -0.472 e. The third-order valence-corrected chi connectivity index (χ3v) is 3.84. The molecule has 1 fully saturated rings. The van der Waals surface area contributed by atoms with Crippen molar-refractivity contribution >= 4 is 17.5 Å². The first-order chi connectivity index (χ1) is 11.7. The number of carbonyl (C=O) groups is 2. The van der Waals surface area contributed by atoms with Crippen molar-refractivity contribution in [2.75, 3.05) is 24.6 Å². The molecule has 0 spiro atoms. The van der Waals surface area contributed by atoms with Gasteiger partial charge < -0.3 is 15.0 Å². The monoisotopic (exact) mass is 330 g/mol. The van der Waals surface area contributed by atoms with Crippen molar-refractivity contribution in [2.24, 2.45) is 5.92 Å². The normalized spacial score (nSPS) is 17.1. The first-order valence-corrected chi connectivity index (χ1v) is 7.73. The van der Waals surface area contributed by atoms with E-state index in [-0.39, 0.29) is 25.0 Å².